The van der Waals surface area contributed by atoms with Crippen molar-refractivity contribution in [3.63, 3.8) is 0 Å². The topological polar surface area (TPSA) is 35.5 Å². The number of likely N-dealkylation sites (N-methyl/N-ethyl adjacent to an activating group) is 2. The molecule has 2 N–H and O–H groups in total. The van der Waals surface area contributed by atoms with Crippen molar-refractivity contribution in [3.05, 3.63) is 0 Å². The van der Waals surface area contributed by atoms with Crippen LogP contribution in [0.1, 0.15) is 45.4 Å². The Morgan fingerprint density at radius 2 is 1.88 bits per heavy atom. The molecule has 1 rings (SSSR count). The van der Waals surface area contributed by atoms with Gasteiger partial charge in [-0.2, -0.15) is 0 Å². The summed E-state index contributed by atoms with van der Waals surface area (Å²) < 4.78 is 0. The largest absolute Gasteiger partial charge is 0.390 e. The van der Waals surface area contributed by atoms with Crippen molar-refractivity contribution in [1.29, 1.82) is 0 Å². The third-order valence-electron chi connectivity index (χ3n) is 3.58. The van der Waals surface area contributed by atoms with Crippen molar-refractivity contribution >= 4 is 0 Å². The van der Waals surface area contributed by atoms with E-state index in [0.29, 0.717) is 12.6 Å². The average molecular weight is 228 g/mol. The highest BCUT2D eigenvalue weighted by Gasteiger charge is 2.18. The maximum absolute atomic E-state index is 9.85. The van der Waals surface area contributed by atoms with Crippen LogP contribution in [0.4, 0.5) is 0 Å². The van der Waals surface area contributed by atoms with Crippen LogP contribution in [0.15, 0.2) is 0 Å². The van der Waals surface area contributed by atoms with Crippen LogP contribution in [-0.4, -0.2) is 48.8 Å². The molecule has 3 heteroatoms. The van der Waals surface area contributed by atoms with Crippen molar-refractivity contribution in [2.75, 3.05) is 26.7 Å². The van der Waals surface area contributed by atoms with Crippen molar-refractivity contribution < 1.29 is 5.11 Å². The Morgan fingerprint density at radius 3 is 2.44 bits per heavy atom. The Hall–Kier alpha value is -0.120. The van der Waals surface area contributed by atoms with Gasteiger partial charge in [-0.1, -0.05) is 32.6 Å². The SMILES string of the molecule is CCNCC(O)CN(C)C1CCCCCC1. The van der Waals surface area contributed by atoms with Crippen LogP contribution in [0.25, 0.3) is 0 Å². The standard InChI is InChI=1S/C13H28N2O/c1-3-14-10-13(16)11-15(2)12-8-6-4-5-7-9-12/h12-14,16H,3-11H2,1-2H3. The van der Waals surface area contributed by atoms with Crippen LogP contribution < -0.4 is 5.32 Å². The van der Waals surface area contributed by atoms with Gasteiger partial charge >= 0.3 is 0 Å². The Balaban J connectivity index is 2.23. The fraction of sp³-hybridized carbons (Fsp3) is 1.00. The number of nitrogens with zero attached hydrogens (tertiary/aromatic N) is 1. The van der Waals surface area contributed by atoms with Gasteiger partial charge < -0.3 is 15.3 Å². The monoisotopic (exact) mass is 228 g/mol. The number of rotatable bonds is 6. The second-order valence-corrected chi connectivity index (χ2v) is 5.05. The van der Waals surface area contributed by atoms with E-state index in [-0.39, 0.29) is 6.10 Å². The van der Waals surface area contributed by atoms with Crippen LogP contribution >= 0.6 is 0 Å². The molecule has 0 aromatic rings. The summed E-state index contributed by atoms with van der Waals surface area (Å²) >= 11 is 0. The second kappa shape index (κ2) is 8.04. The van der Waals surface area contributed by atoms with E-state index < -0.39 is 0 Å². The molecule has 16 heavy (non-hydrogen) atoms. The zero-order valence-corrected chi connectivity index (χ0v) is 10.9. The summed E-state index contributed by atoms with van der Waals surface area (Å²) in [6.07, 6.45) is 7.90. The molecule has 0 aliphatic heterocycles. The molecule has 1 fully saturated rings. The lowest BCUT2D eigenvalue weighted by atomic mass is 10.1. The predicted molar refractivity (Wildman–Crippen MR) is 68.7 cm³/mol. The highest BCUT2D eigenvalue weighted by molar-refractivity contribution is 4.75. The van der Waals surface area contributed by atoms with E-state index in [0.717, 1.165) is 13.1 Å². The summed E-state index contributed by atoms with van der Waals surface area (Å²) in [5.74, 6) is 0. The minimum Gasteiger partial charge on any atom is -0.390 e. The first kappa shape index (κ1) is 13.9. The van der Waals surface area contributed by atoms with E-state index >= 15 is 0 Å². The van der Waals surface area contributed by atoms with Gasteiger partial charge in [0.05, 0.1) is 6.10 Å². The summed E-state index contributed by atoms with van der Waals surface area (Å²) in [6.45, 7) is 4.52. The number of nitrogens with one attached hydrogen (secondary N) is 1. The highest BCUT2D eigenvalue weighted by atomic mass is 16.3. The summed E-state index contributed by atoms with van der Waals surface area (Å²) in [6, 6.07) is 0.693. The molecule has 0 aromatic heterocycles. The highest BCUT2D eigenvalue weighted by Crippen LogP contribution is 2.20. The molecule has 96 valence electrons. The summed E-state index contributed by atoms with van der Waals surface area (Å²) in [5, 5.41) is 13.0. The van der Waals surface area contributed by atoms with E-state index in [1.165, 1.54) is 38.5 Å². The zero-order chi connectivity index (χ0) is 11.8. The first-order chi connectivity index (χ1) is 7.74. The summed E-state index contributed by atoms with van der Waals surface area (Å²) in [5.41, 5.74) is 0. The van der Waals surface area contributed by atoms with Crippen LogP contribution in [0.5, 0.6) is 0 Å². The van der Waals surface area contributed by atoms with Crippen LogP contribution in [-0.2, 0) is 0 Å². The smallest absolute Gasteiger partial charge is 0.0791 e. The Kier molecular flexibility index (Phi) is 7.01. The van der Waals surface area contributed by atoms with E-state index in [2.05, 4.69) is 24.2 Å². The van der Waals surface area contributed by atoms with Crippen molar-refractivity contribution in [1.82, 2.24) is 10.2 Å². The van der Waals surface area contributed by atoms with E-state index in [9.17, 15) is 5.11 Å². The molecule has 0 amide bonds. The van der Waals surface area contributed by atoms with Crippen molar-refractivity contribution in [2.45, 2.75) is 57.6 Å². The maximum atomic E-state index is 9.85. The summed E-state index contributed by atoms with van der Waals surface area (Å²) in [7, 11) is 2.16. The molecule has 1 atom stereocenters. The molecule has 1 unspecified atom stereocenters. The third kappa shape index (κ3) is 5.28. The molecular formula is C13H28N2O. The van der Waals surface area contributed by atoms with Gasteiger partial charge in [-0.25, -0.2) is 0 Å². The van der Waals surface area contributed by atoms with Gasteiger partial charge in [0.2, 0.25) is 0 Å². The summed E-state index contributed by atoms with van der Waals surface area (Å²) in [4.78, 5) is 2.35. The Morgan fingerprint density at radius 1 is 1.25 bits per heavy atom. The van der Waals surface area contributed by atoms with E-state index in [1.54, 1.807) is 0 Å². The van der Waals surface area contributed by atoms with Crippen molar-refractivity contribution in [3.8, 4) is 0 Å². The molecule has 3 nitrogen and oxygen atoms in total. The second-order valence-electron chi connectivity index (χ2n) is 5.05. The minimum atomic E-state index is -0.229. The fourth-order valence-corrected chi connectivity index (χ4v) is 2.56. The molecule has 1 aliphatic rings. The molecule has 0 radical (unpaired) electrons. The van der Waals surface area contributed by atoms with E-state index in [1.807, 2.05) is 0 Å². The van der Waals surface area contributed by atoms with Gasteiger partial charge in [-0.15, -0.1) is 0 Å². The van der Waals surface area contributed by atoms with Crippen LogP contribution in [0.3, 0.4) is 0 Å². The van der Waals surface area contributed by atoms with Gasteiger partial charge in [0.15, 0.2) is 0 Å². The first-order valence-corrected chi connectivity index (χ1v) is 6.83. The molecule has 0 spiro atoms. The predicted octanol–water partition coefficient (Wildman–Crippen LogP) is 1.61. The molecule has 1 saturated carbocycles. The maximum Gasteiger partial charge on any atom is 0.0791 e. The van der Waals surface area contributed by atoms with Gasteiger partial charge in [-0.05, 0) is 26.4 Å². The quantitative estimate of drug-likeness (QED) is 0.678. The average Bonchev–Trinajstić information content (AvgIpc) is 2.54. The van der Waals surface area contributed by atoms with Gasteiger partial charge in [-0.3, -0.25) is 0 Å². The molecule has 0 bridgehead atoms. The number of aliphatic hydroxyl groups is 1. The lowest BCUT2D eigenvalue weighted by molar-refractivity contribution is 0.0984. The Labute approximate surface area is 100 Å². The first-order valence-electron chi connectivity index (χ1n) is 6.83. The van der Waals surface area contributed by atoms with Crippen LogP contribution in [0, 0.1) is 0 Å². The number of hydrogen-bond donors (Lipinski definition) is 2. The van der Waals surface area contributed by atoms with Gasteiger partial charge in [0.1, 0.15) is 0 Å². The molecule has 0 saturated heterocycles. The zero-order valence-electron chi connectivity index (χ0n) is 10.9. The van der Waals surface area contributed by atoms with Gasteiger partial charge in [0.25, 0.3) is 0 Å². The third-order valence-corrected chi connectivity index (χ3v) is 3.58. The fourth-order valence-electron chi connectivity index (χ4n) is 2.56. The molecule has 1 aliphatic carbocycles. The molecule has 0 aromatic carbocycles. The normalized spacial score (nSPS) is 21.0. The van der Waals surface area contributed by atoms with Gasteiger partial charge in [0, 0.05) is 19.1 Å². The van der Waals surface area contributed by atoms with Crippen molar-refractivity contribution in [2.24, 2.45) is 0 Å². The lowest BCUT2D eigenvalue weighted by Crippen LogP contribution is -2.41. The number of hydrogen-bond acceptors (Lipinski definition) is 3. The molecule has 0 heterocycles. The number of aliphatic hydroxyl groups excluding tert-OH is 1. The molecular weight excluding hydrogens is 200 g/mol. The van der Waals surface area contributed by atoms with E-state index in [4.69, 9.17) is 0 Å². The lowest BCUT2D eigenvalue weighted by Gasteiger charge is -2.29. The van der Waals surface area contributed by atoms with Crippen LogP contribution in [0.2, 0.25) is 0 Å². The Bertz CT molecular complexity index is 167. The minimum absolute atomic E-state index is 0.229.